The summed E-state index contributed by atoms with van der Waals surface area (Å²) in [6.07, 6.45) is 0. The molecule has 3 aromatic rings. The summed E-state index contributed by atoms with van der Waals surface area (Å²) in [5.41, 5.74) is 1.05. The average Bonchev–Trinajstić information content (AvgIpc) is 2.89. The highest BCUT2D eigenvalue weighted by Gasteiger charge is 2.14. The monoisotopic (exact) mass is 379 g/mol. The maximum absolute atomic E-state index is 12.5. The van der Waals surface area contributed by atoms with Gasteiger partial charge in [-0.2, -0.15) is 12.8 Å². The van der Waals surface area contributed by atoms with Crippen molar-refractivity contribution in [3.05, 3.63) is 75.8 Å². The Bertz CT molecular complexity index is 1010. The third-order valence-corrected chi connectivity index (χ3v) is 5.85. The first-order valence-electron chi connectivity index (χ1n) is 7.09. The second-order valence-electron chi connectivity index (χ2n) is 5.10. The van der Waals surface area contributed by atoms with E-state index in [9.17, 15) is 8.42 Å². The summed E-state index contributed by atoms with van der Waals surface area (Å²) >= 11 is 6.86. The van der Waals surface area contributed by atoms with Gasteiger partial charge in [-0.15, -0.1) is 4.40 Å². The maximum atomic E-state index is 12.5. The number of benzene rings is 2. The van der Waals surface area contributed by atoms with Crippen molar-refractivity contribution < 1.29 is 8.42 Å². The molecule has 0 amide bonds. The quantitative estimate of drug-likeness (QED) is 0.699. The molecule has 0 saturated carbocycles. The van der Waals surface area contributed by atoms with Crippen LogP contribution in [0.4, 0.5) is 0 Å². The predicted octanol–water partition coefficient (Wildman–Crippen LogP) is 3.24. The Morgan fingerprint density at radius 1 is 1.12 bits per heavy atom. The second kappa shape index (κ2) is 6.88. The van der Waals surface area contributed by atoms with E-state index in [0.717, 1.165) is 17.1 Å². The predicted molar refractivity (Wildman–Crippen MR) is 94.6 cm³/mol. The lowest BCUT2D eigenvalue weighted by Crippen LogP contribution is -2.19. The molecule has 0 spiro atoms. The molecule has 0 unspecified atom stereocenters. The zero-order valence-electron chi connectivity index (χ0n) is 12.8. The van der Waals surface area contributed by atoms with Crippen LogP contribution < -0.4 is 4.80 Å². The zero-order chi connectivity index (χ0) is 17.2. The van der Waals surface area contributed by atoms with E-state index in [4.69, 9.17) is 11.6 Å². The van der Waals surface area contributed by atoms with Crippen molar-refractivity contribution >= 4 is 33.2 Å². The third-order valence-electron chi connectivity index (χ3n) is 3.37. The number of rotatable bonds is 4. The van der Waals surface area contributed by atoms with Crippen LogP contribution in [0.5, 0.6) is 0 Å². The fourth-order valence-corrected chi connectivity index (χ4v) is 4.17. The summed E-state index contributed by atoms with van der Waals surface area (Å²) in [6, 6.07) is 15.7. The lowest BCUT2D eigenvalue weighted by molar-refractivity contribution is 0.595. The highest BCUT2D eigenvalue weighted by Crippen LogP contribution is 2.16. The minimum atomic E-state index is -3.82. The SMILES string of the molecule is Cc1ns/c(=N/S(=O)(=O)c2ccc(Cl)cc2)n1Cc1ccccc1. The summed E-state index contributed by atoms with van der Waals surface area (Å²) in [7, 11) is -3.82. The molecule has 0 aliphatic carbocycles. The summed E-state index contributed by atoms with van der Waals surface area (Å²) in [4.78, 5) is 0.440. The van der Waals surface area contributed by atoms with Crippen LogP contribution in [0.15, 0.2) is 63.9 Å². The van der Waals surface area contributed by atoms with Gasteiger partial charge in [0.25, 0.3) is 10.0 Å². The van der Waals surface area contributed by atoms with Gasteiger partial charge in [0.1, 0.15) is 5.82 Å². The lowest BCUT2D eigenvalue weighted by atomic mass is 10.2. The van der Waals surface area contributed by atoms with E-state index in [1.807, 2.05) is 37.3 Å². The first-order valence-corrected chi connectivity index (χ1v) is 9.68. The highest BCUT2D eigenvalue weighted by molar-refractivity contribution is 7.90. The van der Waals surface area contributed by atoms with Gasteiger partial charge in [0.2, 0.25) is 4.80 Å². The van der Waals surface area contributed by atoms with Crippen molar-refractivity contribution in [2.24, 2.45) is 4.40 Å². The molecular formula is C16H14ClN3O2S2. The van der Waals surface area contributed by atoms with Gasteiger partial charge in [0.15, 0.2) is 0 Å². The number of aryl methyl sites for hydroxylation is 1. The molecule has 0 aliphatic heterocycles. The Balaban J connectivity index is 2.03. The van der Waals surface area contributed by atoms with Crippen LogP contribution in [0, 0.1) is 6.92 Å². The summed E-state index contributed by atoms with van der Waals surface area (Å²) < 4.78 is 34.9. The molecule has 0 aliphatic rings. The molecule has 1 aromatic heterocycles. The van der Waals surface area contributed by atoms with E-state index in [1.165, 1.54) is 24.3 Å². The molecule has 0 N–H and O–H groups in total. The molecule has 1 heterocycles. The molecule has 8 heteroatoms. The third kappa shape index (κ3) is 3.75. The second-order valence-corrected chi connectivity index (χ2v) is 7.88. The molecule has 5 nitrogen and oxygen atoms in total. The fourth-order valence-electron chi connectivity index (χ4n) is 2.12. The van der Waals surface area contributed by atoms with Gasteiger partial charge >= 0.3 is 0 Å². The van der Waals surface area contributed by atoms with Crippen molar-refractivity contribution in [3.63, 3.8) is 0 Å². The summed E-state index contributed by atoms with van der Waals surface area (Å²) in [6.45, 7) is 2.34. The van der Waals surface area contributed by atoms with Gasteiger partial charge in [0.05, 0.1) is 11.4 Å². The Hall–Kier alpha value is -1.96. The Morgan fingerprint density at radius 3 is 2.46 bits per heavy atom. The number of halogens is 1. The van der Waals surface area contributed by atoms with E-state index >= 15 is 0 Å². The van der Waals surface area contributed by atoms with E-state index in [2.05, 4.69) is 8.77 Å². The van der Waals surface area contributed by atoms with Gasteiger partial charge in [-0.3, -0.25) is 4.57 Å². The Morgan fingerprint density at radius 2 is 1.79 bits per heavy atom. The standard InChI is InChI=1S/C16H14ClN3O2S2/c1-12-18-23-16(20(12)11-13-5-3-2-4-6-13)19-24(21,22)15-9-7-14(17)8-10-15/h2-10H,11H2,1H3/b19-16+. The van der Waals surface area contributed by atoms with Gasteiger partial charge in [0, 0.05) is 16.6 Å². The van der Waals surface area contributed by atoms with Gasteiger partial charge < -0.3 is 0 Å². The molecule has 2 aromatic carbocycles. The molecule has 124 valence electrons. The first kappa shape index (κ1) is 16.9. The van der Waals surface area contributed by atoms with Gasteiger partial charge in [-0.25, -0.2) is 0 Å². The van der Waals surface area contributed by atoms with Gasteiger partial charge in [-0.1, -0.05) is 41.9 Å². The molecule has 0 saturated heterocycles. The van der Waals surface area contributed by atoms with E-state index in [0.29, 0.717) is 22.2 Å². The van der Waals surface area contributed by atoms with Crippen LogP contribution in [-0.2, 0) is 16.6 Å². The van der Waals surface area contributed by atoms with Crippen molar-refractivity contribution in [1.29, 1.82) is 0 Å². The van der Waals surface area contributed by atoms with Gasteiger partial charge in [-0.05, 0) is 36.8 Å². The lowest BCUT2D eigenvalue weighted by Gasteiger charge is -2.05. The normalized spacial score (nSPS) is 12.5. The molecule has 3 rings (SSSR count). The Labute approximate surface area is 149 Å². The van der Waals surface area contributed by atoms with Crippen LogP contribution in [-0.4, -0.2) is 17.4 Å². The largest absolute Gasteiger partial charge is 0.299 e. The highest BCUT2D eigenvalue weighted by atomic mass is 35.5. The maximum Gasteiger partial charge on any atom is 0.285 e. The van der Waals surface area contributed by atoms with Crippen molar-refractivity contribution in [3.8, 4) is 0 Å². The minimum Gasteiger partial charge on any atom is -0.299 e. The van der Waals surface area contributed by atoms with E-state index in [-0.39, 0.29) is 4.90 Å². The van der Waals surface area contributed by atoms with Crippen molar-refractivity contribution in [1.82, 2.24) is 8.94 Å². The van der Waals surface area contributed by atoms with Crippen molar-refractivity contribution in [2.45, 2.75) is 18.4 Å². The van der Waals surface area contributed by atoms with Crippen LogP contribution in [0.1, 0.15) is 11.4 Å². The first-order chi connectivity index (χ1) is 11.5. The molecular weight excluding hydrogens is 366 g/mol. The molecule has 0 radical (unpaired) electrons. The van der Waals surface area contributed by atoms with Crippen molar-refractivity contribution in [2.75, 3.05) is 0 Å². The average molecular weight is 380 g/mol. The molecule has 24 heavy (non-hydrogen) atoms. The number of sulfonamides is 1. The van der Waals surface area contributed by atoms with Crippen LogP contribution >= 0.6 is 23.1 Å². The number of hydrogen-bond acceptors (Lipinski definition) is 4. The topological polar surface area (TPSA) is 64.3 Å². The van der Waals surface area contributed by atoms with Crippen LogP contribution in [0.25, 0.3) is 0 Å². The summed E-state index contributed by atoms with van der Waals surface area (Å²) in [5, 5.41) is 0.474. The number of aromatic nitrogens is 2. The van der Waals surface area contributed by atoms with E-state index in [1.54, 1.807) is 4.57 Å². The smallest absolute Gasteiger partial charge is 0.285 e. The molecule has 0 atom stereocenters. The van der Waals surface area contributed by atoms with Crippen LogP contribution in [0.2, 0.25) is 5.02 Å². The zero-order valence-corrected chi connectivity index (χ0v) is 15.1. The summed E-state index contributed by atoms with van der Waals surface area (Å²) in [5.74, 6) is 0.717. The minimum absolute atomic E-state index is 0.101. The fraction of sp³-hybridized carbons (Fsp3) is 0.125. The Kier molecular flexibility index (Phi) is 4.84. The van der Waals surface area contributed by atoms with E-state index < -0.39 is 10.0 Å². The molecule has 0 bridgehead atoms. The molecule has 0 fully saturated rings. The number of hydrogen-bond donors (Lipinski definition) is 0. The van der Waals surface area contributed by atoms with Crippen LogP contribution in [0.3, 0.4) is 0 Å². The number of nitrogens with zero attached hydrogens (tertiary/aromatic N) is 3.